The van der Waals surface area contributed by atoms with Crippen molar-refractivity contribution in [1.82, 2.24) is 25.2 Å². The van der Waals surface area contributed by atoms with E-state index in [1.54, 1.807) is 4.68 Å². The summed E-state index contributed by atoms with van der Waals surface area (Å²) >= 11 is 0. The van der Waals surface area contributed by atoms with Crippen molar-refractivity contribution in [3.05, 3.63) is 18.2 Å². The van der Waals surface area contributed by atoms with Crippen LogP contribution in [0.15, 0.2) is 16.8 Å². The molecule has 2 heterocycles. The molecular formula is C11H17N5O. The standard InChI is InChI=1S/C11H17N5O/c1-4-8(2)12-7-10-13-11(15-17-10)9-5-6-16(3)14-9/h5-6,8,12H,4,7H2,1-3H3. The Labute approximate surface area is 100 Å². The van der Waals surface area contributed by atoms with Gasteiger partial charge in [0.15, 0.2) is 0 Å². The van der Waals surface area contributed by atoms with Crippen LogP contribution in [0.3, 0.4) is 0 Å². The first-order valence-corrected chi connectivity index (χ1v) is 5.75. The van der Waals surface area contributed by atoms with Crippen LogP contribution in [0.1, 0.15) is 26.2 Å². The van der Waals surface area contributed by atoms with Gasteiger partial charge in [-0.2, -0.15) is 10.1 Å². The van der Waals surface area contributed by atoms with Crippen LogP contribution in [0, 0.1) is 0 Å². The van der Waals surface area contributed by atoms with Crippen LogP contribution in [0.2, 0.25) is 0 Å². The van der Waals surface area contributed by atoms with Crippen molar-refractivity contribution in [3.63, 3.8) is 0 Å². The Morgan fingerprint density at radius 3 is 3.00 bits per heavy atom. The lowest BCUT2D eigenvalue weighted by atomic mass is 10.3. The summed E-state index contributed by atoms with van der Waals surface area (Å²) in [5.41, 5.74) is 0.728. The van der Waals surface area contributed by atoms with Gasteiger partial charge in [-0.3, -0.25) is 4.68 Å². The SMILES string of the molecule is CCC(C)NCc1nc(-c2ccn(C)n2)no1. The maximum Gasteiger partial charge on any atom is 0.240 e. The lowest BCUT2D eigenvalue weighted by Crippen LogP contribution is -2.24. The van der Waals surface area contributed by atoms with Gasteiger partial charge in [0.25, 0.3) is 0 Å². The fourth-order valence-electron chi connectivity index (χ4n) is 1.37. The molecule has 0 aliphatic carbocycles. The predicted molar refractivity (Wildman–Crippen MR) is 63.1 cm³/mol. The van der Waals surface area contributed by atoms with Crippen molar-refractivity contribution in [3.8, 4) is 11.5 Å². The maximum absolute atomic E-state index is 5.15. The first-order valence-electron chi connectivity index (χ1n) is 5.75. The first kappa shape index (κ1) is 11.8. The molecule has 2 aromatic rings. The molecule has 0 aromatic carbocycles. The Bertz CT molecular complexity index is 476. The van der Waals surface area contributed by atoms with Gasteiger partial charge in [-0.25, -0.2) is 0 Å². The van der Waals surface area contributed by atoms with E-state index in [2.05, 4.69) is 34.4 Å². The molecule has 0 saturated heterocycles. The Kier molecular flexibility index (Phi) is 3.53. The third-order valence-electron chi connectivity index (χ3n) is 2.62. The van der Waals surface area contributed by atoms with Gasteiger partial charge in [0.2, 0.25) is 11.7 Å². The summed E-state index contributed by atoms with van der Waals surface area (Å²) in [4.78, 5) is 4.28. The van der Waals surface area contributed by atoms with E-state index in [1.165, 1.54) is 0 Å². The molecule has 0 saturated carbocycles. The number of rotatable bonds is 5. The normalized spacial score (nSPS) is 12.9. The second kappa shape index (κ2) is 5.09. The van der Waals surface area contributed by atoms with Gasteiger partial charge in [0.1, 0.15) is 5.69 Å². The highest BCUT2D eigenvalue weighted by Gasteiger charge is 2.11. The highest BCUT2D eigenvalue weighted by atomic mass is 16.5. The fourth-order valence-corrected chi connectivity index (χ4v) is 1.37. The molecule has 2 aromatic heterocycles. The zero-order chi connectivity index (χ0) is 12.3. The maximum atomic E-state index is 5.15. The minimum atomic E-state index is 0.445. The molecule has 0 amide bonds. The van der Waals surface area contributed by atoms with Gasteiger partial charge in [-0.15, -0.1) is 0 Å². The van der Waals surface area contributed by atoms with E-state index < -0.39 is 0 Å². The molecule has 0 radical (unpaired) electrons. The third-order valence-corrected chi connectivity index (χ3v) is 2.62. The summed E-state index contributed by atoms with van der Waals surface area (Å²) in [5, 5.41) is 11.4. The second-order valence-corrected chi connectivity index (χ2v) is 4.08. The van der Waals surface area contributed by atoms with Crippen LogP contribution in [0.5, 0.6) is 0 Å². The molecule has 1 atom stereocenters. The van der Waals surface area contributed by atoms with E-state index in [1.807, 2.05) is 19.3 Å². The molecule has 0 aliphatic heterocycles. The second-order valence-electron chi connectivity index (χ2n) is 4.08. The van der Waals surface area contributed by atoms with Crippen molar-refractivity contribution in [2.45, 2.75) is 32.9 Å². The molecule has 6 heteroatoms. The van der Waals surface area contributed by atoms with Crippen LogP contribution < -0.4 is 5.32 Å². The molecule has 92 valence electrons. The summed E-state index contributed by atoms with van der Waals surface area (Å²) in [6.07, 6.45) is 2.92. The molecule has 0 fully saturated rings. The average molecular weight is 235 g/mol. The Hall–Kier alpha value is -1.69. The van der Waals surface area contributed by atoms with E-state index in [0.717, 1.165) is 12.1 Å². The number of nitrogens with one attached hydrogen (secondary N) is 1. The Morgan fingerprint density at radius 1 is 1.53 bits per heavy atom. The van der Waals surface area contributed by atoms with Crippen molar-refractivity contribution < 1.29 is 4.52 Å². The largest absolute Gasteiger partial charge is 0.337 e. The number of aromatic nitrogens is 4. The van der Waals surface area contributed by atoms with Crippen LogP contribution in [-0.4, -0.2) is 26.0 Å². The lowest BCUT2D eigenvalue weighted by Gasteiger charge is -2.07. The average Bonchev–Trinajstić information content (AvgIpc) is 2.94. The predicted octanol–water partition coefficient (Wildman–Crippen LogP) is 1.36. The van der Waals surface area contributed by atoms with Gasteiger partial charge in [-0.05, 0) is 19.4 Å². The molecule has 0 spiro atoms. The van der Waals surface area contributed by atoms with E-state index in [0.29, 0.717) is 24.3 Å². The van der Waals surface area contributed by atoms with Crippen LogP contribution in [0.25, 0.3) is 11.5 Å². The van der Waals surface area contributed by atoms with Gasteiger partial charge in [-0.1, -0.05) is 12.1 Å². The van der Waals surface area contributed by atoms with Crippen molar-refractivity contribution in [2.75, 3.05) is 0 Å². The minimum Gasteiger partial charge on any atom is -0.337 e. The van der Waals surface area contributed by atoms with Crippen LogP contribution in [-0.2, 0) is 13.6 Å². The molecule has 6 nitrogen and oxygen atoms in total. The highest BCUT2D eigenvalue weighted by molar-refractivity contribution is 5.46. The summed E-state index contributed by atoms with van der Waals surface area (Å²) in [6.45, 7) is 4.84. The molecule has 0 aliphatic rings. The lowest BCUT2D eigenvalue weighted by molar-refractivity contribution is 0.358. The van der Waals surface area contributed by atoms with Crippen molar-refractivity contribution >= 4 is 0 Å². The van der Waals surface area contributed by atoms with Crippen LogP contribution >= 0.6 is 0 Å². The van der Waals surface area contributed by atoms with Gasteiger partial charge in [0, 0.05) is 19.3 Å². The molecule has 17 heavy (non-hydrogen) atoms. The molecule has 1 N–H and O–H groups in total. The Balaban J connectivity index is 2.01. The first-order chi connectivity index (χ1) is 8.19. The van der Waals surface area contributed by atoms with Gasteiger partial charge in [0.05, 0.1) is 6.54 Å². The Morgan fingerprint density at radius 2 is 2.35 bits per heavy atom. The minimum absolute atomic E-state index is 0.445. The smallest absolute Gasteiger partial charge is 0.240 e. The van der Waals surface area contributed by atoms with Gasteiger partial charge >= 0.3 is 0 Å². The number of hydrogen-bond acceptors (Lipinski definition) is 5. The topological polar surface area (TPSA) is 68.8 Å². The highest BCUT2D eigenvalue weighted by Crippen LogP contribution is 2.12. The number of nitrogens with zero attached hydrogens (tertiary/aromatic N) is 4. The quantitative estimate of drug-likeness (QED) is 0.847. The molecular weight excluding hydrogens is 218 g/mol. The van der Waals surface area contributed by atoms with Crippen molar-refractivity contribution in [1.29, 1.82) is 0 Å². The zero-order valence-corrected chi connectivity index (χ0v) is 10.3. The summed E-state index contributed by atoms with van der Waals surface area (Å²) in [7, 11) is 1.86. The zero-order valence-electron chi connectivity index (χ0n) is 10.3. The molecule has 1 unspecified atom stereocenters. The molecule has 0 bridgehead atoms. The van der Waals surface area contributed by atoms with Gasteiger partial charge < -0.3 is 9.84 Å². The summed E-state index contributed by atoms with van der Waals surface area (Å²) in [6, 6.07) is 2.30. The number of hydrogen-bond donors (Lipinski definition) is 1. The van der Waals surface area contributed by atoms with Crippen molar-refractivity contribution in [2.24, 2.45) is 7.05 Å². The third kappa shape index (κ3) is 2.91. The van der Waals surface area contributed by atoms with E-state index in [-0.39, 0.29) is 0 Å². The number of aryl methyl sites for hydroxylation is 1. The van der Waals surface area contributed by atoms with E-state index in [4.69, 9.17) is 4.52 Å². The monoisotopic (exact) mass is 235 g/mol. The van der Waals surface area contributed by atoms with E-state index in [9.17, 15) is 0 Å². The molecule has 2 rings (SSSR count). The van der Waals surface area contributed by atoms with Crippen LogP contribution in [0.4, 0.5) is 0 Å². The summed E-state index contributed by atoms with van der Waals surface area (Å²) < 4.78 is 6.86. The fraction of sp³-hybridized carbons (Fsp3) is 0.545. The van der Waals surface area contributed by atoms with E-state index >= 15 is 0 Å². The summed E-state index contributed by atoms with van der Waals surface area (Å²) in [5.74, 6) is 1.12.